The Kier molecular flexibility index (Phi) is 4.05. The Morgan fingerprint density at radius 1 is 1.12 bits per heavy atom. The van der Waals surface area contributed by atoms with Gasteiger partial charge in [0.2, 0.25) is 5.91 Å². The van der Waals surface area contributed by atoms with Crippen LogP contribution in [-0.2, 0) is 4.79 Å². The van der Waals surface area contributed by atoms with Crippen LogP contribution in [0.4, 0.5) is 10.1 Å². The average molecular weight is 367 g/mol. The fraction of sp³-hybridized carbons (Fsp3) is 0.100. The van der Waals surface area contributed by atoms with Crippen LogP contribution in [0.2, 0.25) is 0 Å². The molecule has 0 saturated carbocycles. The molecule has 0 bridgehead atoms. The van der Waals surface area contributed by atoms with E-state index in [1.807, 2.05) is 5.38 Å². The predicted molar refractivity (Wildman–Crippen MR) is 98.2 cm³/mol. The molecule has 1 aromatic heterocycles. The van der Waals surface area contributed by atoms with E-state index in [0.717, 1.165) is 10.4 Å². The first-order chi connectivity index (χ1) is 12.5. The van der Waals surface area contributed by atoms with Gasteiger partial charge in [-0.2, -0.15) is 0 Å². The molecule has 0 aliphatic carbocycles. The van der Waals surface area contributed by atoms with Gasteiger partial charge in [0.1, 0.15) is 5.82 Å². The van der Waals surface area contributed by atoms with Crippen LogP contribution in [0, 0.1) is 5.82 Å². The third-order valence-corrected chi connectivity index (χ3v) is 5.61. The molecule has 4 rings (SSSR count). The van der Waals surface area contributed by atoms with Gasteiger partial charge in [-0.1, -0.05) is 30.3 Å². The predicted octanol–water partition coefficient (Wildman–Crippen LogP) is 4.73. The minimum Gasteiger partial charge on any atom is -0.478 e. The number of halogens is 1. The third kappa shape index (κ3) is 2.78. The zero-order valence-electron chi connectivity index (χ0n) is 13.5. The summed E-state index contributed by atoms with van der Waals surface area (Å²) in [5.41, 5.74) is 2.83. The van der Waals surface area contributed by atoms with Crippen molar-refractivity contribution in [2.45, 2.75) is 12.3 Å². The van der Waals surface area contributed by atoms with Crippen molar-refractivity contribution in [3.63, 3.8) is 0 Å². The first-order valence-corrected chi connectivity index (χ1v) is 8.92. The summed E-state index contributed by atoms with van der Waals surface area (Å²) in [5, 5.41) is 13.8. The van der Waals surface area contributed by atoms with Crippen LogP contribution in [-0.4, -0.2) is 17.0 Å². The van der Waals surface area contributed by atoms with Crippen LogP contribution in [0.1, 0.15) is 33.1 Å². The summed E-state index contributed by atoms with van der Waals surface area (Å²) in [6.45, 7) is 0. The number of rotatable bonds is 3. The number of hydrogen-bond acceptors (Lipinski definition) is 3. The Labute approximate surface area is 152 Å². The molecule has 130 valence electrons. The van der Waals surface area contributed by atoms with Gasteiger partial charge in [0.05, 0.1) is 11.3 Å². The normalized spacial score (nSPS) is 16.0. The number of carboxylic acid groups (broad SMARTS) is 1. The van der Waals surface area contributed by atoms with Crippen molar-refractivity contribution < 1.29 is 19.1 Å². The van der Waals surface area contributed by atoms with E-state index < -0.39 is 5.97 Å². The molecule has 2 aromatic carbocycles. The highest BCUT2D eigenvalue weighted by atomic mass is 32.1. The molecule has 6 heteroatoms. The zero-order valence-corrected chi connectivity index (χ0v) is 14.3. The van der Waals surface area contributed by atoms with E-state index in [9.17, 15) is 14.0 Å². The number of thiophene rings is 1. The molecule has 2 N–H and O–H groups in total. The summed E-state index contributed by atoms with van der Waals surface area (Å²) in [7, 11) is 0. The SMILES string of the molecule is O=C1C[C@@H](c2ccc(C(=O)O)cc2)c2scc(-c3ccccc3F)c2N1. The van der Waals surface area contributed by atoms with Gasteiger partial charge in [-0.05, 0) is 23.8 Å². The van der Waals surface area contributed by atoms with Crippen molar-refractivity contribution >= 4 is 28.9 Å². The molecule has 1 aliphatic heterocycles. The number of amides is 1. The lowest BCUT2D eigenvalue weighted by molar-refractivity contribution is -0.116. The van der Waals surface area contributed by atoms with Crippen molar-refractivity contribution in [3.05, 3.63) is 75.7 Å². The second-order valence-electron chi connectivity index (χ2n) is 6.10. The van der Waals surface area contributed by atoms with Crippen LogP contribution in [0.25, 0.3) is 11.1 Å². The molecule has 0 saturated heterocycles. The summed E-state index contributed by atoms with van der Waals surface area (Å²) in [6.07, 6.45) is 0.274. The highest BCUT2D eigenvalue weighted by Gasteiger charge is 2.31. The Hall–Kier alpha value is -2.99. The number of carbonyl (C=O) groups excluding carboxylic acids is 1. The Morgan fingerprint density at radius 2 is 1.85 bits per heavy atom. The zero-order chi connectivity index (χ0) is 18.3. The maximum atomic E-state index is 14.2. The molecule has 0 unspecified atom stereocenters. The number of carbonyl (C=O) groups is 2. The standard InChI is InChI=1S/C20H14FNO3S/c21-16-4-2-1-3-13(16)15-10-26-19-14(9-17(23)22-18(15)19)11-5-7-12(8-6-11)20(24)25/h1-8,10,14H,9H2,(H,22,23)(H,24,25)/t14-/m0/s1. The molecule has 3 aromatic rings. The number of carboxylic acids is 1. The smallest absolute Gasteiger partial charge is 0.335 e. The quantitative estimate of drug-likeness (QED) is 0.703. The van der Waals surface area contributed by atoms with E-state index in [2.05, 4.69) is 5.32 Å². The highest BCUT2D eigenvalue weighted by molar-refractivity contribution is 7.11. The van der Waals surface area contributed by atoms with E-state index in [4.69, 9.17) is 5.11 Å². The maximum absolute atomic E-state index is 14.2. The second-order valence-corrected chi connectivity index (χ2v) is 7.01. The monoisotopic (exact) mass is 367 g/mol. The molecule has 4 nitrogen and oxygen atoms in total. The summed E-state index contributed by atoms with van der Waals surface area (Å²) in [5.74, 6) is -1.64. The van der Waals surface area contributed by atoms with Gasteiger partial charge in [-0.3, -0.25) is 4.79 Å². The topological polar surface area (TPSA) is 66.4 Å². The summed E-state index contributed by atoms with van der Waals surface area (Å²) in [4.78, 5) is 24.2. The highest BCUT2D eigenvalue weighted by Crippen LogP contribution is 2.46. The molecule has 1 atom stereocenters. The molecular formula is C20H14FNO3S. The number of benzene rings is 2. The first-order valence-electron chi connectivity index (χ1n) is 8.04. The number of nitrogens with one attached hydrogen (secondary N) is 1. The molecule has 0 radical (unpaired) electrons. The van der Waals surface area contributed by atoms with E-state index >= 15 is 0 Å². The summed E-state index contributed by atoms with van der Waals surface area (Å²) in [6, 6.07) is 13.0. The van der Waals surface area contributed by atoms with Gasteiger partial charge >= 0.3 is 5.97 Å². The van der Waals surface area contributed by atoms with Gasteiger partial charge in [-0.15, -0.1) is 11.3 Å². The molecule has 1 aliphatic rings. The van der Waals surface area contributed by atoms with E-state index in [0.29, 0.717) is 16.8 Å². The van der Waals surface area contributed by atoms with Crippen LogP contribution >= 0.6 is 11.3 Å². The van der Waals surface area contributed by atoms with Crippen molar-refractivity contribution in [2.75, 3.05) is 5.32 Å². The fourth-order valence-corrected chi connectivity index (χ4v) is 4.38. The fourth-order valence-electron chi connectivity index (χ4n) is 3.23. The van der Waals surface area contributed by atoms with Crippen molar-refractivity contribution in [3.8, 4) is 11.1 Å². The van der Waals surface area contributed by atoms with Crippen LogP contribution in [0.5, 0.6) is 0 Å². The van der Waals surface area contributed by atoms with Crippen LogP contribution in [0.15, 0.2) is 53.9 Å². The van der Waals surface area contributed by atoms with Gasteiger partial charge in [0, 0.05) is 33.7 Å². The van der Waals surface area contributed by atoms with E-state index in [-0.39, 0.29) is 29.6 Å². The number of fused-ring (bicyclic) bond motifs is 1. The van der Waals surface area contributed by atoms with Crippen molar-refractivity contribution in [1.29, 1.82) is 0 Å². The molecular weight excluding hydrogens is 353 g/mol. The Bertz CT molecular complexity index is 1010. The minimum atomic E-state index is -0.989. The van der Waals surface area contributed by atoms with E-state index in [1.165, 1.54) is 29.5 Å². The Balaban J connectivity index is 1.79. The third-order valence-electron chi connectivity index (χ3n) is 4.51. The molecule has 2 heterocycles. The van der Waals surface area contributed by atoms with Crippen LogP contribution < -0.4 is 5.32 Å². The van der Waals surface area contributed by atoms with Gasteiger partial charge in [-0.25, -0.2) is 9.18 Å². The van der Waals surface area contributed by atoms with Crippen molar-refractivity contribution in [1.82, 2.24) is 0 Å². The van der Waals surface area contributed by atoms with Crippen molar-refractivity contribution in [2.24, 2.45) is 0 Å². The van der Waals surface area contributed by atoms with Gasteiger partial charge in [0.25, 0.3) is 0 Å². The second kappa shape index (κ2) is 6.38. The first kappa shape index (κ1) is 16.5. The molecule has 0 fully saturated rings. The molecule has 26 heavy (non-hydrogen) atoms. The lowest BCUT2D eigenvalue weighted by Gasteiger charge is -2.24. The van der Waals surface area contributed by atoms with Gasteiger partial charge < -0.3 is 10.4 Å². The minimum absolute atomic E-state index is 0.138. The maximum Gasteiger partial charge on any atom is 0.335 e. The number of aromatic carboxylic acids is 1. The molecule has 1 amide bonds. The lowest BCUT2D eigenvalue weighted by Crippen LogP contribution is -2.22. The average Bonchev–Trinajstić information content (AvgIpc) is 3.05. The Morgan fingerprint density at radius 3 is 2.54 bits per heavy atom. The largest absolute Gasteiger partial charge is 0.478 e. The number of hydrogen-bond donors (Lipinski definition) is 2. The summed E-state index contributed by atoms with van der Waals surface area (Å²) < 4.78 is 14.2. The van der Waals surface area contributed by atoms with Gasteiger partial charge in [0.15, 0.2) is 0 Å². The lowest BCUT2D eigenvalue weighted by atomic mass is 9.88. The van der Waals surface area contributed by atoms with Crippen LogP contribution in [0.3, 0.4) is 0 Å². The van der Waals surface area contributed by atoms with E-state index in [1.54, 1.807) is 30.3 Å². The number of anilines is 1. The molecule has 0 spiro atoms. The summed E-state index contributed by atoms with van der Waals surface area (Å²) >= 11 is 1.47.